The largest absolute Gasteiger partial charge is 0.384 e. The van der Waals surface area contributed by atoms with Crippen molar-refractivity contribution in [2.24, 2.45) is 7.05 Å². The zero-order valence-corrected chi connectivity index (χ0v) is 14.7. The van der Waals surface area contributed by atoms with E-state index in [2.05, 4.69) is 15.5 Å². The summed E-state index contributed by atoms with van der Waals surface area (Å²) in [6.07, 6.45) is 0.612. The van der Waals surface area contributed by atoms with Crippen LogP contribution in [0.4, 0.5) is 0 Å². The van der Waals surface area contributed by atoms with Crippen molar-refractivity contribution >= 4 is 29.3 Å². The number of halogens is 1. The normalized spacial score (nSPS) is 10.7. The molecule has 1 amide bonds. The number of rotatable bonds is 8. The van der Waals surface area contributed by atoms with Gasteiger partial charge in [0.15, 0.2) is 5.16 Å². The number of carbonyl (C=O) groups is 1. The standard InChI is InChI=1S/C15H19ClN4O2S/c1-20-13(18-19-15(20)23-9-8-22-2)6-7-17-14(21)11-4-3-5-12(16)10-11/h3-5,10H,6-9H2,1-2H3,(H,17,21). The maximum absolute atomic E-state index is 12.0. The lowest BCUT2D eigenvalue weighted by molar-refractivity contribution is 0.0954. The molecular weight excluding hydrogens is 336 g/mol. The van der Waals surface area contributed by atoms with E-state index in [4.69, 9.17) is 16.3 Å². The molecule has 0 saturated heterocycles. The molecule has 6 nitrogen and oxygen atoms in total. The highest BCUT2D eigenvalue weighted by Gasteiger charge is 2.10. The number of thioether (sulfide) groups is 1. The second kappa shape index (κ2) is 8.90. The van der Waals surface area contributed by atoms with Crippen LogP contribution in [-0.2, 0) is 18.2 Å². The van der Waals surface area contributed by atoms with Crippen LogP contribution in [0.1, 0.15) is 16.2 Å². The van der Waals surface area contributed by atoms with Crippen LogP contribution >= 0.6 is 23.4 Å². The summed E-state index contributed by atoms with van der Waals surface area (Å²) in [6.45, 7) is 1.16. The average molecular weight is 355 g/mol. The number of nitrogens with zero attached hydrogens (tertiary/aromatic N) is 3. The third kappa shape index (κ3) is 5.23. The van der Waals surface area contributed by atoms with E-state index in [-0.39, 0.29) is 5.91 Å². The van der Waals surface area contributed by atoms with E-state index in [1.54, 1.807) is 43.1 Å². The predicted octanol–water partition coefficient (Wildman–Crippen LogP) is 2.18. The number of methoxy groups -OCH3 is 1. The predicted molar refractivity (Wildman–Crippen MR) is 91.1 cm³/mol. The van der Waals surface area contributed by atoms with Crippen molar-refractivity contribution in [3.05, 3.63) is 40.7 Å². The Kier molecular flexibility index (Phi) is 6.88. The van der Waals surface area contributed by atoms with Crippen molar-refractivity contribution in [3.63, 3.8) is 0 Å². The summed E-state index contributed by atoms with van der Waals surface area (Å²) in [6, 6.07) is 6.86. The number of carbonyl (C=O) groups excluding carboxylic acids is 1. The topological polar surface area (TPSA) is 69.0 Å². The van der Waals surface area contributed by atoms with Gasteiger partial charge in [-0.25, -0.2) is 0 Å². The number of aromatic nitrogens is 3. The first-order chi connectivity index (χ1) is 11.1. The van der Waals surface area contributed by atoms with E-state index in [9.17, 15) is 4.79 Å². The molecule has 8 heteroatoms. The fourth-order valence-corrected chi connectivity index (χ4v) is 2.94. The molecule has 0 atom stereocenters. The monoisotopic (exact) mass is 354 g/mol. The molecule has 0 saturated carbocycles. The number of nitrogens with one attached hydrogen (secondary N) is 1. The van der Waals surface area contributed by atoms with Crippen molar-refractivity contribution in [1.29, 1.82) is 0 Å². The maximum atomic E-state index is 12.0. The number of hydrogen-bond acceptors (Lipinski definition) is 5. The summed E-state index contributed by atoms with van der Waals surface area (Å²) in [7, 11) is 3.59. The molecule has 1 heterocycles. The molecule has 0 aliphatic rings. The molecule has 124 valence electrons. The lowest BCUT2D eigenvalue weighted by Gasteiger charge is -2.06. The summed E-state index contributed by atoms with van der Waals surface area (Å²) in [5.74, 6) is 1.51. The van der Waals surface area contributed by atoms with Gasteiger partial charge < -0.3 is 14.6 Å². The van der Waals surface area contributed by atoms with Gasteiger partial charge in [-0.05, 0) is 18.2 Å². The minimum Gasteiger partial charge on any atom is -0.384 e. The van der Waals surface area contributed by atoms with Crippen LogP contribution in [0.3, 0.4) is 0 Å². The molecule has 1 aromatic heterocycles. The lowest BCUT2D eigenvalue weighted by Crippen LogP contribution is -2.26. The molecule has 0 unspecified atom stereocenters. The lowest BCUT2D eigenvalue weighted by atomic mass is 10.2. The van der Waals surface area contributed by atoms with E-state index >= 15 is 0 Å². The Bertz CT molecular complexity index is 663. The molecule has 1 aromatic carbocycles. The Morgan fingerprint density at radius 3 is 3.00 bits per heavy atom. The van der Waals surface area contributed by atoms with Gasteiger partial charge in [-0.15, -0.1) is 10.2 Å². The van der Waals surface area contributed by atoms with Crippen LogP contribution in [0, 0.1) is 0 Å². The Labute approximate surface area is 144 Å². The van der Waals surface area contributed by atoms with Gasteiger partial charge in [-0.3, -0.25) is 4.79 Å². The Balaban J connectivity index is 1.83. The first kappa shape index (κ1) is 17.8. The zero-order chi connectivity index (χ0) is 16.7. The molecule has 2 aromatic rings. The van der Waals surface area contributed by atoms with Crippen LogP contribution in [0.2, 0.25) is 5.02 Å². The highest BCUT2D eigenvalue weighted by atomic mass is 35.5. The van der Waals surface area contributed by atoms with Crippen molar-refractivity contribution in [1.82, 2.24) is 20.1 Å². The minimum atomic E-state index is -0.149. The SMILES string of the molecule is COCCSc1nnc(CCNC(=O)c2cccc(Cl)c2)n1C. The van der Waals surface area contributed by atoms with E-state index < -0.39 is 0 Å². The molecule has 0 spiro atoms. The Morgan fingerprint density at radius 2 is 2.26 bits per heavy atom. The van der Waals surface area contributed by atoms with Crippen molar-refractivity contribution in [3.8, 4) is 0 Å². The van der Waals surface area contributed by atoms with Gasteiger partial charge in [0.2, 0.25) is 0 Å². The van der Waals surface area contributed by atoms with E-state index in [1.165, 1.54) is 0 Å². The second-order valence-corrected chi connectivity index (χ2v) is 6.31. The summed E-state index contributed by atoms with van der Waals surface area (Å²) in [5.41, 5.74) is 0.547. The second-order valence-electron chi connectivity index (χ2n) is 4.82. The highest BCUT2D eigenvalue weighted by molar-refractivity contribution is 7.99. The van der Waals surface area contributed by atoms with Crippen molar-refractivity contribution in [2.75, 3.05) is 26.0 Å². The summed E-state index contributed by atoms with van der Waals surface area (Å²) in [5, 5.41) is 12.6. The molecule has 23 heavy (non-hydrogen) atoms. The number of benzene rings is 1. The van der Waals surface area contributed by atoms with Gasteiger partial charge in [0.1, 0.15) is 5.82 Å². The third-order valence-electron chi connectivity index (χ3n) is 3.16. The van der Waals surface area contributed by atoms with Crippen LogP contribution in [0.5, 0.6) is 0 Å². The number of amides is 1. The fraction of sp³-hybridized carbons (Fsp3) is 0.400. The molecule has 1 N–H and O–H groups in total. The minimum absolute atomic E-state index is 0.149. The molecule has 0 aliphatic heterocycles. The van der Waals surface area contributed by atoms with Gasteiger partial charge in [0.05, 0.1) is 6.61 Å². The highest BCUT2D eigenvalue weighted by Crippen LogP contribution is 2.15. The quantitative estimate of drug-likeness (QED) is 0.581. The first-order valence-corrected chi connectivity index (χ1v) is 8.52. The van der Waals surface area contributed by atoms with E-state index in [0.29, 0.717) is 30.2 Å². The van der Waals surface area contributed by atoms with Crippen LogP contribution in [-0.4, -0.2) is 46.7 Å². The maximum Gasteiger partial charge on any atom is 0.251 e. The molecule has 0 fully saturated rings. The fourth-order valence-electron chi connectivity index (χ4n) is 1.92. The van der Waals surface area contributed by atoms with Gasteiger partial charge >= 0.3 is 0 Å². The molecule has 0 aliphatic carbocycles. The van der Waals surface area contributed by atoms with E-state index in [0.717, 1.165) is 16.7 Å². The molecule has 2 rings (SSSR count). The van der Waals surface area contributed by atoms with Crippen molar-refractivity contribution < 1.29 is 9.53 Å². The first-order valence-electron chi connectivity index (χ1n) is 7.15. The van der Waals surface area contributed by atoms with Gasteiger partial charge in [-0.2, -0.15) is 0 Å². The van der Waals surface area contributed by atoms with Gasteiger partial charge in [0, 0.05) is 43.5 Å². The van der Waals surface area contributed by atoms with Crippen LogP contribution in [0.15, 0.2) is 29.4 Å². The smallest absolute Gasteiger partial charge is 0.251 e. The number of hydrogen-bond donors (Lipinski definition) is 1. The van der Waals surface area contributed by atoms with Crippen LogP contribution < -0.4 is 5.32 Å². The summed E-state index contributed by atoms with van der Waals surface area (Å²) >= 11 is 7.47. The zero-order valence-electron chi connectivity index (χ0n) is 13.1. The average Bonchev–Trinajstić information content (AvgIpc) is 2.88. The molecular formula is C15H19ClN4O2S. The summed E-state index contributed by atoms with van der Waals surface area (Å²) in [4.78, 5) is 12.0. The number of ether oxygens (including phenoxy) is 1. The summed E-state index contributed by atoms with van der Waals surface area (Å²) < 4.78 is 6.95. The molecule has 0 radical (unpaired) electrons. The van der Waals surface area contributed by atoms with Crippen LogP contribution in [0.25, 0.3) is 0 Å². The third-order valence-corrected chi connectivity index (χ3v) is 4.38. The molecule has 0 bridgehead atoms. The Morgan fingerprint density at radius 1 is 1.43 bits per heavy atom. The Hall–Kier alpha value is -1.57. The van der Waals surface area contributed by atoms with Crippen molar-refractivity contribution in [2.45, 2.75) is 11.6 Å². The van der Waals surface area contributed by atoms with Gasteiger partial charge in [0.25, 0.3) is 5.91 Å². The van der Waals surface area contributed by atoms with Gasteiger partial charge in [-0.1, -0.05) is 29.4 Å². The van der Waals surface area contributed by atoms with E-state index in [1.807, 2.05) is 11.6 Å².